The maximum absolute atomic E-state index is 14.3. The molecule has 0 N–H and O–H groups in total. The quantitative estimate of drug-likeness (QED) is 0.156. The van der Waals surface area contributed by atoms with Crippen molar-refractivity contribution in [2.24, 2.45) is 0 Å². The number of benzene rings is 5. The van der Waals surface area contributed by atoms with E-state index in [1.807, 2.05) is 79.7 Å². The minimum atomic E-state index is -3.95. The summed E-state index contributed by atoms with van der Waals surface area (Å²) in [4.78, 5) is 0.223. The van der Waals surface area contributed by atoms with Crippen molar-refractivity contribution in [3.05, 3.63) is 178 Å². The van der Waals surface area contributed by atoms with Crippen LogP contribution in [0.2, 0.25) is 0 Å². The summed E-state index contributed by atoms with van der Waals surface area (Å²) in [5.74, 6) is 0.722. The molecular formula is C41H37NO4S. The summed E-state index contributed by atoms with van der Waals surface area (Å²) in [6.07, 6.45) is 3.53. The van der Waals surface area contributed by atoms with Gasteiger partial charge in [0.2, 0.25) is 0 Å². The van der Waals surface area contributed by atoms with E-state index in [1.165, 1.54) is 3.97 Å². The van der Waals surface area contributed by atoms with E-state index in [-0.39, 0.29) is 4.90 Å². The van der Waals surface area contributed by atoms with Crippen molar-refractivity contribution in [1.82, 2.24) is 3.97 Å². The normalized spacial score (nSPS) is 17.0. The average molecular weight is 640 g/mol. The van der Waals surface area contributed by atoms with E-state index in [0.717, 1.165) is 61.4 Å². The molecule has 0 aliphatic carbocycles. The summed E-state index contributed by atoms with van der Waals surface area (Å²) >= 11 is 0. The Balaban J connectivity index is 1.59. The number of hydrogen-bond acceptors (Lipinski definition) is 4. The molecule has 5 aromatic carbocycles. The lowest BCUT2D eigenvalue weighted by atomic mass is 9.72. The highest BCUT2D eigenvalue weighted by atomic mass is 32.2. The SMILES string of the molecule is COc1ccc(C2(c3cn(S(=O)(=O)c4ccc(C)cc4)cc3-c3c(C)cc(C)cc3C)OC2(c2ccccc2)c2ccccc2)cc1. The third-order valence-corrected chi connectivity index (χ3v) is 11.0. The molecule has 1 unspecified atom stereocenters. The molecule has 6 aromatic rings. The maximum atomic E-state index is 14.3. The van der Waals surface area contributed by atoms with Crippen molar-refractivity contribution in [2.75, 3.05) is 7.11 Å². The molecule has 1 atom stereocenters. The number of epoxide rings is 1. The summed E-state index contributed by atoms with van der Waals surface area (Å²) in [6.45, 7) is 8.19. The Bertz CT molecular complexity index is 2120. The molecule has 47 heavy (non-hydrogen) atoms. The second-order valence-corrected chi connectivity index (χ2v) is 14.3. The molecule has 1 aliphatic rings. The van der Waals surface area contributed by atoms with Gasteiger partial charge in [-0.25, -0.2) is 12.4 Å². The van der Waals surface area contributed by atoms with E-state index < -0.39 is 21.2 Å². The molecule has 2 heterocycles. The van der Waals surface area contributed by atoms with E-state index in [9.17, 15) is 8.42 Å². The highest BCUT2D eigenvalue weighted by Gasteiger charge is 2.74. The molecule has 7 rings (SSSR count). The molecule has 0 spiro atoms. The van der Waals surface area contributed by atoms with Gasteiger partial charge in [0, 0.05) is 23.5 Å². The molecule has 0 bridgehead atoms. The molecule has 1 saturated heterocycles. The van der Waals surface area contributed by atoms with Crippen molar-refractivity contribution in [1.29, 1.82) is 0 Å². The largest absolute Gasteiger partial charge is 0.497 e. The van der Waals surface area contributed by atoms with Crippen LogP contribution < -0.4 is 4.74 Å². The first-order chi connectivity index (χ1) is 22.6. The first-order valence-electron chi connectivity index (χ1n) is 15.7. The summed E-state index contributed by atoms with van der Waals surface area (Å²) < 4.78 is 42.9. The third kappa shape index (κ3) is 4.82. The van der Waals surface area contributed by atoms with Gasteiger partial charge in [-0.2, -0.15) is 0 Å². The lowest BCUT2D eigenvalue weighted by molar-refractivity contribution is 0.300. The van der Waals surface area contributed by atoms with Crippen molar-refractivity contribution < 1.29 is 17.9 Å². The van der Waals surface area contributed by atoms with Crippen LogP contribution in [0, 0.1) is 27.7 Å². The summed E-state index contributed by atoms with van der Waals surface area (Å²) in [7, 11) is -2.30. The van der Waals surface area contributed by atoms with Gasteiger partial charge in [0.15, 0.2) is 11.2 Å². The van der Waals surface area contributed by atoms with E-state index in [1.54, 1.807) is 31.6 Å². The molecule has 6 heteroatoms. The minimum Gasteiger partial charge on any atom is -0.497 e. The Morgan fingerprint density at radius 3 is 1.68 bits per heavy atom. The number of methoxy groups -OCH3 is 1. The molecule has 0 radical (unpaired) electrons. The lowest BCUT2D eigenvalue weighted by Gasteiger charge is -2.24. The van der Waals surface area contributed by atoms with Crippen LogP contribution in [0.15, 0.2) is 139 Å². The summed E-state index contributed by atoms with van der Waals surface area (Å²) in [6, 6.07) is 39.6. The summed E-state index contributed by atoms with van der Waals surface area (Å²) in [5, 5.41) is 0. The van der Waals surface area contributed by atoms with Crippen LogP contribution >= 0.6 is 0 Å². The number of aromatic nitrogens is 1. The number of hydrogen-bond donors (Lipinski definition) is 0. The Morgan fingerprint density at radius 2 is 1.15 bits per heavy atom. The van der Waals surface area contributed by atoms with E-state index in [0.29, 0.717) is 0 Å². The van der Waals surface area contributed by atoms with Gasteiger partial charge in [-0.05, 0) is 85.3 Å². The van der Waals surface area contributed by atoms with Crippen LogP contribution in [0.3, 0.4) is 0 Å². The molecule has 236 valence electrons. The molecule has 1 fully saturated rings. The Hall–Kier alpha value is -4.91. The topological polar surface area (TPSA) is 60.8 Å². The standard InChI is InChI=1S/C41H37NO4S/c1-28-16-22-36(23-17-28)47(43,44)42-26-37(39-30(3)24-29(2)25-31(39)4)38(27-42)41(34-18-20-35(45-5)21-19-34)40(46-41,32-12-8-6-9-13-32)33-14-10-7-11-15-33/h6-27H,1-5H3. The first kappa shape index (κ1) is 30.7. The second-order valence-electron chi connectivity index (χ2n) is 12.4. The Morgan fingerprint density at radius 1 is 0.617 bits per heavy atom. The summed E-state index contributed by atoms with van der Waals surface area (Å²) in [5.41, 5.74) is 7.61. The van der Waals surface area contributed by atoms with Crippen molar-refractivity contribution in [2.45, 2.75) is 43.8 Å². The fourth-order valence-electron chi connectivity index (χ4n) is 7.22. The fourth-order valence-corrected chi connectivity index (χ4v) is 8.43. The lowest BCUT2D eigenvalue weighted by Crippen LogP contribution is -2.26. The van der Waals surface area contributed by atoms with Gasteiger partial charge in [0.1, 0.15) is 5.75 Å². The van der Waals surface area contributed by atoms with E-state index >= 15 is 0 Å². The fraction of sp³-hybridized carbons (Fsp3) is 0.171. The zero-order valence-corrected chi connectivity index (χ0v) is 28.0. The van der Waals surface area contributed by atoms with Gasteiger partial charge in [0.25, 0.3) is 10.0 Å². The van der Waals surface area contributed by atoms with Gasteiger partial charge < -0.3 is 9.47 Å². The number of aryl methyl sites for hydroxylation is 4. The van der Waals surface area contributed by atoms with E-state index in [4.69, 9.17) is 9.47 Å². The zero-order valence-electron chi connectivity index (χ0n) is 27.2. The van der Waals surface area contributed by atoms with Gasteiger partial charge in [-0.1, -0.05) is 108 Å². The van der Waals surface area contributed by atoms with Crippen molar-refractivity contribution in [3.8, 4) is 16.9 Å². The number of nitrogens with zero attached hydrogens (tertiary/aromatic N) is 1. The predicted molar refractivity (Wildman–Crippen MR) is 186 cm³/mol. The van der Waals surface area contributed by atoms with Gasteiger partial charge in [-0.3, -0.25) is 0 Å². The second kappa shape index (κ2) is 11.4. The predicted octanol–water partition coefficient (Wildman–Crippen LogP) is 8.85. The smallest absolute Gasteiger partial charge is 0.267 e. The maximum Gasteiger partial charge on any atom is 0.267 e. The van der Waals surface area contributed by atoms with Crippen molar-refractivity contribution in [3.63, 3.8) is 0 Å². The molecule has 0 amide bonds. The van der Waals surface area contributed by atoms with Gasteiger partial charge in [0.05, 0.1) is 12.0 Å². The third-order valence-electron chi connectivity index (χ3n) is 9.34. The molecular weight excluding hydrogens is 603 g/mol. The Labute approximate surface area is 277 Å². The van der Waals surface area contributed by atoms with E-state index in [2.05, 4.69) is 57.2 Å². The van der Waals surface area contributed by atoms with Crippen LogP contribution in [0.25, 0.3) is 11.1 Å². The number of ether oxygens (including phenoxy) is 2. The van der Waals surface area contributed by atoms with Crippen LogP contribution in [0.5, 0.6) is 5.75 Å². The average Bonchev–Trinajstić information content (AvgIpc) is 3.60. The minimum absolute atomic E-state index is 0.223. The molecule has 1 aromatic heterocycles. The Kier molecular flexibility index (Phi) is 7.46. The molecule has 5 nitrogen and oxygen atoms in total. The van der Waals surface area contributed by atoms with Gasteiger partial charge in [-0.15, -0.1) is 0 Å². The van der Waals surface area contributed by atoms with Crippen molar-refractivity contribution >= 4 is 10.0 Å². The van der Waals surface area contributed by atoms with Crippen LogP contribution in [0.1, 0.15) is 44.5 Å². The first-order valence-corrected chi connectivity index (χ1v) is 17.1. The van der Waals surface area contributed by atoms with Crippen LogP contribution in [0.4, 0.5) is 0 Å². The molecule has 0 saturated carbocycles. The molecule has 1 aliphatic heterocycles. The monoisotopic (exact) mass is 639 g/mol. The highest BCUT2D eigenvalue weighted by molar-refractivity contribution is 7.90. The highest BCUT2D eigenvalue weighted by Crippen LogP contribution is 2.70. The van der Waals surface area contributed by atoms with Crippen LogP contribution in [-0.4, -0.2) is 19.5 Å². The number of rotatable bonds is 8. The van der Waals surface area contributed by atoms with Gasteiger partial charge >= 0.3 is 0 Å². The van der Waals surface area contributed by atoms with Crippen LogP contribution in [-0.2, 0) is 26.0 Å². The zero-order chi connectivity index (χ0) is 33.0.